The van der Waals surface area contributed by atoms with Gasteiger partial charge in [-0.25, -0.2) is 9.48 Å². The SMILES string of the molecule is CCNC(=O)N1CCN(CC2CCN(c3nn(C4=CC=C(C)CC=C4)c4cnccc34)CCCO2)CC1. The summed E-state index contributed by atoms with van der Waals surface area (Å²) in [5.74, 6) is 1.02. The normalized spacial score (nSPS) is 21.7. The summed E-state index contributed by atoms with van der Waals surface area (Å²) < 4.78 is 8.30. The van der Waals surface area contributed by atoms with Crippen molar-refractivity contribution in [2.45, 2.75) is 39.2 Å². The Morgan fingerprint density at radius 2 is 2.03 bits per heavy atom. The van der Waals surface area contributed by atoms with E-state index in [1.807, 2.05) is 28.9 Å². The molecular weight excluding hydrogens is 466 g/mol. The van der Waals surface area contributed by atoms with Gasteiger partial charge in [0.05, 0.1) is 23.5 Å². The number of rotatable bonds is 5. The molecule has 2 aromatic rings. The van der Waals surface area contributed by atoms with Crippen LogP contribution in [0.15, 0.2) is 48.3 Å². The summed E-state index contributed by atoms with van der Waals surface area (Å²) in [6.07, 6.45) is 15.5. The molecule has 1 atom stereocenters. The molecule has 37 heavy (non-hydrogen) atoms. The third-order valence-electron chi connectivity index (χ3n) is 7.37. The predicted octanol–water partition coefficient (Wildman–Crippen LogP) is 3.51. The molecule has 3 aliphatic rings. The number of piperazine rings is 1. The minimum Gasteiger partial charge on any atom is -0.377 e. The van der Waals surface area contributed by atoms with Gasteiger partial charge in [-0.05, 0) is 51.3 Å². The standard InChI is InChI=1S/C28H39N7O2/c1-3-30-28(36)34-17-15-32(16-18-34)21-24-11-14-33(13-5-19-37-24)27-25-10-12-29-20-26(25)35(31-27)23-7-4-6-22(2)8-9-23/h4,7-10,12,20,24H,3,5-6,11,13-19,21H2,1-2H3,(H,30,36). The van der Waals surface area contributed by atoms with Crippen LogP contribution in [0.25, 0.3) is 16.6 Å². The summed E-state index contributed by atoms with van der Waals surface area (Å²) in [5.41, 5.74) is 3.42. The summed E-state index contributed by atoms with van der Waals surface area (Å²) in [4.78, 5) is 23.3. The van der Waals surface area contributed by atoms with Crippen LogP contribution in [-0.2, 0) is 4.74 Å². The molecule has 0 spiro atoms. The molecule has 1 N–H and O–H groups in total. The van der Waals surface area contributed by atoms with Crippen LogP contribution in [0.2, 0.25) is 0 Å². The number of ether oxygens (including phenoxy) is 1. The summed E-state index contributed by atoms with van der Waals surface area (Å²) >= 11 is 0. The summed E-state index contributed by atoms with van der Waals surface area (Å²) in [7, 11) is 0. The fourth-order valence-corrected chi connectivity index (χ4v) is 5.28. The molecule has 1 aliphatic carbocycles. The van der Waals surface area contributed by atoms with E-state index >= 15 is 0 Å². The van der Waals surface area contributed by atoms with Crippen molar-refractivity contribution in [1.29, 1.82) is 0 Å². The lowest BCUT2D eigenvalue weighted by Crippen LogP contribution is -2.53. The fraction of sp³-hybridized carbons (Fsp3) is 0.536. The topological polar surface area (TPSA) is 78.8 Å². The summed E-state index contributed by atoms with van der Waals surface area (Å²) in [6.45, 7) is 11.5. The van der Waals surface area contributed by atoms with Crippen LogP contribution in [-0.4, -0.2) is 95.7 Å². The largest absolute Gasteiger partial charge is 0.377 e. The number of anilines is 1. The molecular formula is C28H39N7O2. The van der Waals surface area contributed by atoms with Crippen LogP contribution in [0.3, 0.4) is 0 Å². The molecule has 2 saturated heterocycles. The number of pyridine rings is 1. The van der Waals surface area contributed by atoms with Gasteiger partial charge in [0, 0.05) is 70.5 Å². The van der Waals surface area contributed by atoms with Crippen LogP contribution < -0.4 is 10.2 Å². The van der Waals surface area contributed by atoms with Crippen molar-refractivity contribution in [3.05, 3.63) is 48.3 Å². The summed E-state index contributed by atoms with van der Waals surface area (Å²) in [5, 5.41) is 9.15. The number of carbonyl (C=O) groups is 1. The number of aromatic nitrogens is 3. The van der Waals surface area contributed by atoms with E-state index in [-0.39, 0.29) is 12.1 Å². The van der Waals surface area contributed by atoms with Crippen molar-refractivity contribution < 1.29 is 9.53 Å². The molecule has 2 fully saturated rings. The molecule has 9 heteroatoms. The highest BCUT2D eigenvalue weighted by Crippen LogP contribution is 2.30. The number of amides is 2. The molecule has 4 heterocycles. The lowest BCUT2D eigenvalue weighted by atomic mass is 10.1. The molecule has 0 radical (unpaired) electrons. The Morgan fingerprint density at radius 1 is 1.16 bits per heavy atom. The van der Waals surface area contributed by atoms with Gasteiger partial charge >= 0.3 is 6.03 Å². The van der Waals surface area contributed by atoms with Crippen molar-refractivity contribution in [2.75, 3.05) is 63.9 Å². The van der Waals surface area contributed by atoms with E-state index in [2.05, 4.69) is 57.4 Å². The summed E-state index contributed by atoms with van der Waals surface area (Å²) in [6, 6.07) is 2.13. The Morgan fingerprint density at radius 3 is 2.86 bits per heavy atom. The van der Waals surface area contributed by atoms with E-state index in [1.54, 1.807) is 0 Å². The van der Waals surface area contributed by atoms with Gasteiger partial charge in [-0.15, -0.1) is 5.10 Å². The van der Waals surface area contributed by atoms with E-state index in [9.17, 15) is 4.79 Å². The van der Waals surface area contributed by atoms with Crippen molar-refractivity contribution >= 4 is 28.4 Å². The van der Waals surface area contributed by atoms with Crippen molar-refractivity contribution in [3.8, 4) is 0 Å². The zero-order valence-electron chi connectivity index (χ0n) is 22.1. The smallest absolute Gasteiger partial charge is 0.317 e. The second-order valence-corrected chi connectivity index (χ2v) is 10.1. The molecule has 0 saturated carbocycles. The molecule has 2 aromatic heterocycles. The molecule has 9 nitrogen and oxygen atoms in total. The Hall–Kier alpha value is -3.17. The molecule has 0 bridgehead atoms. The Balaban J connectivity index is 1.27. The third-order valence-corrected chi connectivity index (χ3v) is 7.37. The number of nitrogens with zero attached hydrogens (tertiary/aromatic N) is 6. The number of hydrogen-bond donors (Lipinski definition) is 1. The molecule has 2 aliphatic heterocycles. The second-order valence-electron chi connectivity index (χ2n) is 10.1. The molecule has 198 valence electrons. The van der Waals surface area contributed by atoms with Gasteiger partial charge in [0.25, 0.3) is 0 Å². The van der Waals surface area contributed by atoms with Gasteiger partial charge < -0.3 is 19.9 Å². The highest BCUT2D eigenvalue weighted by atomic mass is 16.5. The molecule has 5 rings (SSSR count). The van der Waals surface area contributed by atoms with Crippen molar-refractivity contribution in [2.24, 2.45) is 0 Å². The first-order valence-electron chi connectivity index (χ1n) is 13.6. The van der Waals surface area contributed by atoms with Gasteiger partial charge in [-0.2, -0.15) is 0 Å². The zero-order chi connectivity index (χ0) is 25.6. The first kappa shape index (κ1) is 25.5. The number of hydrogen-bond acceptors (Lipinski definition) is 6. The maximum absolute atomic E-state index is 12.1. The highest BCUT2D eigenvalue weighted by molar-refractivity contribution is 5.92. The molecule has 1 unspecified atom stereocenters. The van der Waals surface area contributed by atoms with E-state index in [0.29, 0.717) is 6.54 Å². The lowest BCUT2D eigenvalue weighted by molar-refractivity contribution is 0.00873. The zero-order valence-corrected chi connectivity index (χ0v) is 22.1. The Labute approximate surface area is 219 Å². The Kier molecular flexibility index (Phi) is 8.21. The minimum atomic E-state index is 0.0446. The van der Waals surface area contributed by atoms with Gasteiger partial charge in [0.1, 0.15) is 0 Å². The fourth-order valence-electron chi connectivity index (χ4n) is 5.28. The number of urea groups is 1. The minimum absolute atomic E-state index is 0.0446. The quantitative estimate of drug-likeness (QED) is 0.670. The third kappa shape index (κ3) is 6.05. The number of fused-ring (bicyclic) bond motifs is 1. The van der Waals surface area contributed by atoms with Gasteiger partial charge in [0.2, 0.25) is 0 Å². The van der Waals surface area contributed by atoms with Crippen molar-refractivity contribution in [1.82, 2.24) is 29.9 Å². The highest BCUT2D eigenvalue weighted by Gasteiger charge is 2.26. The average molecular weight is 506 g/mol. The molecule has 0 aromatic carbocycles. The van der Waals surface area contributed by atoms with Crippen LogP contribution in [0.4, 0.5) is 10.6 Å². The lowest BCUT2D eigenvalue weighted by Gasteiger charge is -2.37. The second kappa shape index (κ2) is 11.9. The molecule has 2 amide bonds. The van der Waals surface area contributed by atoms with Crippen LogP contribution in [0, 0.1) is 0 Å². The number of allylic oxidation sites excluding steroid dienone is 6. The van der Waals surface area contributed by atoms with E-state index in [4.69, 9.17) is 9.84 Å². The monoisotopic (exact) mass is 505 g/mol. The predicted molar refractivity (Wildman–Crippen MR) is 148 cm³/mol. The van der Waals surface area contributed by atoms with Gasteiger partial charge in [-0.1, -0.05) is 17.7 Å². The van der Waals surface area contributed by atoms with Gasteiger partial charge in [0.15, 0.2) is 5.82 Å². The van der Waals surface area contributed by atoms with E-state index in [0.717, 1.165) is 94.1 Å². The Bertz CT molecular complexity index is 1180. The first-order chi connectivity index (χ1) is 18.1. The van der Waals surface area contributed by atoms with E-state index in [1.165, 1.54) is 5.57 Å². The maximum atomic E-state index is 12.1. The van der Waals surface area contributed by atoms with Crippen molar-refractivity contribution in [3.63, 3.8) is 0 Å². The van der Waals surface area contributed by atoms with Crippen LogP contribution in [0.1, 0.15) is 33.1 Å². The number of carbonyl (C=O) groups excluding carboxylic acids is 1. The number of nitrogens with one attached hydrogen (secondary N) is 1. The first-order valence-corrected chi connectivity index (χ1v) is 13.6. The maximum Gasteiger partial charge on any atom is 0.317 e. The van der Waals surface area contributed by atoms with Gasteiger partial charge in [-0.3, -0.25) is 9.88 Å². The van der Waals surface area contributed by atoms with E-state index < -0.39 is 0 Å². The average Bonchev–Trinajstić information content (AvgIpc) is 3.14. The van der Waals surface area contributed by atoms with Crippen LogP contribution in [0.5, 0.6) is 0 Å². The van der Waals surface area contributed by atoms with Crippen LogP contribution >= 0.6 is 0 Å².